The number of carbonyl (C=O) groups is 1. The number of nitrogens with one attached hydrogen (secondary N) is 1. The molecule has 2 unspecified atom stereocenters. The highest BCUT2D eigenvalue weighted by Gasteiger charge is 2.23. The van der Waals surface area contributed by atoms with Crippen molar-refractivity contribution in [2.45, 2.75) is 23.9 Å². The summed E-state index contributed by atoms with van der Waals surface area (Å²) in [7, 11) is 0. The second kappa shape index (κ2) is 3.92. The minimum absolute atomic E-state index is 0.184. The van der Waals surface area contributed by atoms with Gasteiger partial charge < -0.3 is 15.8 Å². The van der Waals surface area contributed by atoms with Crippen LogP contribution in [0.3, 0.4) is 0 Å². The molecule has 1 saturated heterocycles. The van der Waals surface area contributed by atoms with E-state index < -0.39 is 6.03 Å². The van der Waals surface area contributed by atoms with Crippen molar-refractivity contribution in [1.29, 1.82) is 0 Å². The number of ether oxygens (including phenoxy) is 1. The fraction of sp³-hybridized carbons (Fsp3) is 0.833. The van der Waals surface area contributed by atoms with Crippen molar-refractivity contribution < 1.29 is 9.53 Å². The van der Waals surface area contributed by atoms with Crippen molar-refractivity contribution in [3.63, 3.8) is 0 Å². The molecular formula is C6H11BrN2O2. The first-order valence-corrected chi connectivity index (χ1v) is 4.43. The van der Waals surface area contributed by atoms with Gasteiger partial charge in [0.25, 0.3) is 0 Å². The van der Waals surface area contributed by atoms with E-state index >= 15 is 0 Å². The predicted octanol–water partition coefficient (Wildman–Crippen LogP) is 0.555. The van der Waals surface area contributed by atoms with Crippen LogP contribution in [0.4, 0.5) is 4.79 Å². The highest BCUT2D eigenvalue weighted by molar-refractivity contribution is 9.09. The third kappa shape index (κ3) is 2.67. The number of hydrogen-bond donors (Lipinski definition) is 2. The maximum Gasteiger partial charge on any atom is 0.314 e. The molecule has 0 radical (unpaired) electrons. The standard InChI is InChI=1S/C6H11BrN2O2/c7-4-2-1-3-11-5(4)9-6(8)10/h4-5H,1-3H2,(H3,8,9,10). The Morgan fingerprint density at radius 2 is 2.45 bits per heavy atom. The molecule has 0 spiro atoms. The monoisotopic (exact) mass is 222 g/mol. The van der Waals surface area contributed by atoms with E-state index in [0.29, 0.717) is 6.61 Å². The summed E-state index contributed by atoms with van der Waals surface area (Å²) in [6.45, 7) is 0.688. The topological polar surface area (TPSA) is 64.4 Å². The smallest absolute Gasteiger partial charge is 0.314 e. The molecule has 1 heterocycles. The summed E-state index contributed by atoms with van der Waals surface area (Å²) in [6, 6.07) is -0.540. The third-order valence-electron chi connectivity index (χ3n) is 1.53. The van der Waals surface area contributed by atoms with Gasteiger partial charge in [-0.15, -0.1) is 0 Å². The fourth-order valence-corrected chi connectivity index (χ4v) is 1.63. The molecule has 4 nitrogen and oxygen atoms in total. The Bertz CT molecular complexity index is 154. The Labute approximate surface area is 73.6 Å². The van der Waals surface area contributed by atoms with E-state index in [1.54, 1.807) is 0 Å². The molecular weight excluding hydrogens is 212 g/mol. The van der Waals surface area contributed by atoms with Gasteiger partial charge in [-0.2, -0.15) is 0 Å². The van der Waals surface area contributed by atoms with Crippen LogP contribution in [0.15, 0.2) is 0 Å². The van der Waals surface area contributed by atoms with Crippen molar-refractivity contribution in [2.24, 2.45) is 5.73 Å². The molecule has 64 valence electrons. The average Bonchev–Trinajstić information content (AvgIpc) is 1.93. The summed E-state index contributed by atoms with van der Waals surface area (Å²) >= 11 is 3.39. The lowest BCUT2D eigenvalue weighted by Crippen LogP contribution is -2.47. The number of carbonyl (C=O) groups excluding carboxylic acids is 1. The van der Waals surface area contributed by atoms with Crippen LogP contribution in [-0.2, 0) is 4.74 Å². The Morgan fingerprint density at radius 1 is 1.73 bits per heavy atom. The van der Waals surface area contributed by atoms with Gasteiger partial charge in [-0.05, 0) is 12.8 Å². The largest absolute Gasteiger partial charge is 0.357 e. The molecule has 11 heavy (non-hydrogen) atoms. The van der Waals surface area contributed by atoms with E-state index in [1.807, 2.05) is 0 Å². The summed E-state index contributed by atoms with van der Waals surface area (Å²) in [5.74, 6) is 0. The quantitative estimate of drug-likeness (QED) is 0.637. The van der Waals surface area contributed by atoms with Gasteiger partial charge in [-0.25, -0.2) is 4.79 Å². The normalized spacial score (nSPS) is 31.4. The van der Waals surface area contributed by atoms with Gasteiger partial charge in [0.2, 0.25) is 0 Å². The van der Waals surface area contributed by atoms with Crippen LogP contribution in [0.5, 0.6) is 0 Å². The number of amides is 2. The number of nitrogens with two attached hydrogens (primary N) is 1. The Hall–Kier alpha value is -0.290. The van der Waals surface area contributed by atoms with Crippen molar-refractivity contribution in [3.05, 3.63) is 0 Å². The molecule has 0 aromatic heterocycles. The van der Waals surface area contributed by atoms with Gasteiger partial charge >= 0.3 is 6.03 Å². The average molecular weight is 223 g/mol. The summed E-state index contributed by atoms with van der Waals surface area (Å²) in [5, 5.41) is 2.50. The van der Waals surface area contributed by atoms with E-state index in [9.17, 15) is 4.79 Å². The predicted molar refractivity (Wildman–Crippen MR) is 44.4 cm³/mol. The van der Waals surface area contributed by atoms with Crippen molar-refractivity contribution in [3.8, 4) is 0 Å². The maximum atomic E-state index is 10.4. The summed E-state index contributed by atoms with van der Waals surface area (Å²) in [6.07, 6.45) is 1.76. The van der Waals surface area contributed by atoms with Gasteiger partial charge in [-0.3, -0.25) is 0 Å². The Balaban J connectivity index is 2.35. The third-order valence-corrected chi connectivity index (χ3v) is 2.47. The van der Waals surface area contributed by atoms with Crippen LogP contribution in [0.2, 0.25) is 0 Å². The molecule has 0 bridgehead atoms. The highest BCUT2D eigenvalue weighted by Crippen LogP contribution is 2.18. The van der Waals surface area contributed by atoms with E-state index in [4.69, 9.17) is 10.5 Å². The molecule has 0 aromatic rings. The van der Waals surface area contributed by atoms with Crippen LogP contribution >= 0.6 is 15.9 Å². The lowest BCUT2D eigenvalue weighted by molar-refractivity contribution is 0.00961. The van der Waals surface area contributed by atoms with E-state index in [2.05, 4.69) is 21.2 Å². The number of halogens is 1. The molecule has 0 aromatic carbocycles. The summed E-state index contributed by atoms with van der Waals surface area (Å²) < 4.78 is 5.24. The van der Waals surface area contributed by atoms with Crippen molar-refractivity contribution >= 4 is 22.0 Å². The molecule has 1 fully saturated rings. The van der Waals surface area contributed by atoms with Gasteiger partial charge in [0.15, 0.2) is 0 Å². The van der Waals surface area contributed by atoms with Gasteiger partial charge in [-0.1, -0.05) is 15.9 Å². The van der Waals surface area contributed by atoms with Crippen LogP contribution in [0.1, 0.15) is 12.8 Å². The second-order valence-electron chi connectivity index (χ2n) is 2.46. The van der Waals surface area contributed by atoms with Crippen LogP contribution in [0.25, 0.3) is 0 Å². The number of rotatable bonds is 1. The first-order valence-electron chi connectivity index (χ1n) is 3.52. The summed E-state index contributed by atoms with van der Waals surface area (Å²) in [4.78, 5) is 10.6. The first kappa shape index (κ1) is 8.80. The van der Waals surface area contributed by atoms with Crippen LogP contribution in [0, 0.1) is 0 Å². The lowest BCUT2D eigenvalue weighted by atomic mass is 10.2. The highest BCUT2D eigenvalue weighted by atomic mass is 79.9. The zero-order valence-electron chi connectivity index (χ0n) is 6.05. The van der Waals surface area contributed by atoms with Crippen LogP contribution < -0.4 is 11.1 Å². The second-order valence-corrected chi connectivity index (χ2v) is 3.63. The van der Waals surface area contributed by atoms with Gasteiger partial charge in [0.1, 0.15) is 6.23 Å². The number of alkyl halides is 1. The molecule has 0 saturated carbocycles. The molecule has 1 aliphatic rings. The minimum atomic E-state index is -0.540. The van der Waals surface area contributed by atoms with E-state index in [-0.39, 0.29) is 11.1 Å². The van der Waals surface area contributed by atoms with E-state index in [0.717, 1.165) is 12.8 Å². The van der Waals surface area contributed by atoms with Crippen LogP contribution in [-0.4, -0.2) is 23.7 Å². The zero-order valence-corrected chi connectivity index (χ0v) is 7.63. The van der Waals surface area contributed by atoms with Crippen molar-refractivity contribution in [1.82, 2.24) is 5.32 Å². The Morgan fingerprint density at radius 3 is 3.00 bits per heavy atom. The molecule has 1 aliphatic heterocycles. The maximum absolute atomic E-state index is 10.4. The fourth-order valence-electron chi connectivity index (χ4n) is 1.02. The van der Waals surface area contributed by atoms with Crippen molar-refractivity contribution in [2.75, 3.05) is 6.61 Å². The Kier molecular flexibility index (Phi) is 3.14. The molecule has 3 N–H and O–H groups in total. The lowest BCUT2D eigenvalue weighted by Gasteiger charge is -2.27. The van der Waals surface area contributed by atoms with Gasteiger partial charge in [0.05, 0.1) is 4.83 Å². The molecule has 2 atom stereocenters. The SMILES string of the molecule is NC(=O)NC1OCCCC1Br. The first-order chi connectivity index (χ1) is 5.20. The molecule has 0 aliphatic carbocycles. The molecule has 5 heteroatoms. The number of hydrogen-bond acceptors (Lipinski definition) is 2. The number of urea groups is 1. The molecule has 2 amide bonds. The molecule has 1 rings (SSSR count). The zero-order chi connectivity index (χ0) is 8.27. The van der Waals surface area contributed by atoms with E-state index in [1.165, 1.54) is 0 Å². The van der Waals surface area contributed by atoms with Gasteiger partial charge in [0, 0.05) is 6.61 Å². The minimum Gasteiger partial charge on any atom is -0.357 e. The summed E-state index contributed by atoms with van der Waals surface area (Å²) in [5.41, 5.74) is 4.93. The number of primary amides is 1.